The third kappa shape index (κ3) is 3.09. The SMILES string of the molecule is C[C@H](N)[C@H](O)c1ccc(Oc2ccccc2)cc1. The molecule has 3 nitrogen and oxygen atoms in total. The molecule has 0 amide bonds. The molecule has 2 atom stereocenters. The number of aliphatic hydroxyl groups is 1. The molecule has 2 aromatic carbocycles. The van der Waals surface area contributed by atoms with E-state index in [9.17, 15) is 5.11 Å². The highest BCUT2D eigenvalue weighted by Gasteiger charge is 2.11. The van der Waals surface area contributed by atoms with E-state index in [1.165, 1.54) is 0 Å². The lowest BCUT2D eigenvalue weighted by molar-refractivity contribution is 0.153. The highest BCUT2D eigenvalue weighted by Crippen LogP contribution is 2.23. The van der Waals surface area contributed by atoms with Crippen LogP contribution in [-0.4, -0.2) is 11.1 Å². The second-order valence-corrected chi connectivity index (χ2v) is 4.29. The van der Waals surface area contributed by atoms with Crippen LogP contribution >= 0.6 is 0 Å². The summed E-state index contributed by atoms with van der Waals surface area (Å²) in [7, 11) is 0. The second kappa shape index (κ2) is 5.67. The van der Waals surface area contributed by atoms with Crippen molar-refractivity contribution in [1.29, 1.82) is 0 Å². The number of hydrogen-bond acceptors (Lipinski definition) is 3. The molecular weight excluding hydrogens is 226 g/mol. The van der Waals surface area contributed by atoms with Gasteiger partial charge in [-0.2, -0.15) is 0 Å². The summed E-state index contributed by atoms with van der Waals surface area (Å²) in [6, 6.07) is 16.6. The molecule has 0 aliphatic rings. The third-order valence-electron chi connectivity index (χ3n) is 2.70. The number of hydrogen-bond donors (Lipinski definition) is 2. The van der Waals surface area contributed by atoms with Gasteiger partial charge < -0.3 is 15.6 Å². The number of benzene rings is 2. The van der Waals surface area contributed by atoms with Crippen molar-refractivity contribution in [3.8, 4) is 11.5 Å². The van der Waals surface area contributed by atoms with Gasteiger partial charge in [0.05, 0.1) is 6.10 Å². The van der Waals surface area contributed by atoms with Gasteiger partial charge in [-0.05, 0) is 36.8 Å². The van der Waals surface area contributed by atoms with E-state index in [0.29, 0.717) is 0 Å². The number of aliphatic hydroxyl groups excluding tert-OH is 1. The van der Waals surface area contributed by atoms with Gasteiger partial charge in [-0.15, -0.1) is 0 Å². The first-order valence-corrected chi connectivity index (χ1v) is 5.93. The fraction of sp³-hybridized carbons (Fsp3) is 0.200. The minimum Gasteiger partial charge on any atom is -0.457 e. The largest absolute Gasteiger partial charge is 0.457 e. The van der Waals surface area contributed by atoms with Crippen molar-refractivity contribution < 1.29 is 9.84 Å². The van der Waals surface area contributed by atoms with Gasteiger partial charge in [0, 0.05) is 6.04 Å². The molecule has 94 valence electrons. The summed E-state index contributed by atoms with van der Waals surface area (Å²) in [6.07, 6.45) is -0.643. The van der Waals surface area contributed by atoms with Crippen LogP contribution in [0.25, 0.3) is 0 Å². The van der Waals surface area contributed by atoms with Gasteiger partial charge in [0.1, 0.15) is 11.5 Å². The van der Waals surface area contributed by atoms with E-state index in [4.69, 9.17) is 10.5 Å². The first-order chi connectivity index (χ1) is 8.66. The smallest absolute Gasteiger partial charge is 0.127 e. The maximum atomic E-state index is 9.81. The summed E-state index contributed by atoms with van der Waals surface area (Å²) in [5, 5.41) is 9.81. The predicted octanol–water partition coefficient (Wildman–Crippen LogP) is 2.86. The highest BCUT2D eigenvalue weighted by atomic mass is 16.5. The Morgan fingerprint density at radius 3 is 2.06 bits per heavy atom. The minimum absolute atomic E-state index is 0.286. The lowest BCUT2D eigenvalue weighted by Crippen LogP contribution is -2.24. The molecule has 0 spiro atoms. The zero-order valence-electron chi connectivity index (χ0n) is 10.3. The van der Waals surface area contributed by atoms with Crippen LogP contribution in [0.5, 0.6) is 11.5 Å². The Morgan fingerprint density at radius 2 is 1.50 bits per heavy atom. The Bertz CT molecular complexity index is 480. The number of para-hydroxylation sites is 1. The molecule has 3 heteroatoms. The lowest BCUT2D eigenvalue weighted by atomic mass is 10.0. The van der Waals surface area contributed by atoms with Gasteiger partial charge >= 0.3 is 0 Å². The molecule has 0 saturated heterocycles. The number of ether oxygens (including phenoxy) is 1. The van der Waals surface area contributed by atoms with Gasteiger partial charge in [0.25, 0.3) is 0 Å². The van der Waals surface area contributed by atoms with Crippen LogP contribution in [0.2, 0.25) is 0 Å². The van der Waals surface area contributed by atoms with E-state index < -0.39 is 6.10 Å². The average Bonchev–Trinajstić information content (AvgIpc) is 2.40. The predicted molar refractivity (Wildman–Crippen MR) is 71.6 cm³/mol. The lowest BCUT2D eigenvalue weighted by Gasteiger charge is -2.15. The van der Waals surface area contributed by atoms with Crippen LogP contribution in [0, 0.1) is 0 Å². The number of rotatable bonds is 4. The van der Waals surface area contributed by atoms with Gasteiger partial charge in [-0.3, -0.25) is 0 Å². The van der Waals surface area contributed by atoms with E-state index in [1.54, 1.807) is 6.92 Å². The fourth-order valence-corrected chi connectivity index (χ4v) is 1.66. The van der Waals surface area contributed by atoms with E-state index in [1.807, 2.05) is 54.6 Å². The van der Waals surface area contributed by atoms with Crippen molar-refractivity contribution in [3.63, 3.8) is 0 Å². The Morgan fingerprint density at radius 1 is 0.944 bits per heavy atom. The summed E-state index contributed by atoms with van der Waals surface area (Å²) in [5.74, 6) is 1.53. The monoisotopic (exact) mass is 243 g/mol. The minimum atomic E-state index is -0.643. The molecule has 0 saturated carbocycles. The fourth-order valence-electron chi connectivity index (χ4n) is 1.66. The van der Waals surface area contributed by atoms with Gasteiger partial charge in [0.15, 0.2) is 0 Å². The maximum Gasteiger partial charge on any atom is 0.127 e. The first-order valence-electron chi connectivity index (χ1n) is 5.93. The zero-order valence-corrected chi connectivity index (χ0v) is 10.3. The molecule has 0 bridgehead atoms. The van der Waals surface area contributed by atoms with Crippen LogP contribution in [0.1, 0.15) is 18.6 Å². The molecule has 0 heterocycles. The van der Waals surface area contributed by atoms with E-state index in [2.05, 4.69) is 0 Å². The standard InChI is InChI=1S/C15H17NO2/c1-11(16)15(17)12-7-9-14(10-8-12)18-13-5-3-2-4-6-13/h2-11,15,17H,16H2,1H3/t11-,15-/m0/s1. The molecule has 0 aliphatic carbocycles. The Labute approximate surface area is 107 Å². The van der Waals surface area contributed by atoms with Crippen molar-refractivity contribution in [2.24, 2.45) is 5.73 Å². The van der Waals surface area contributed by atoms with Crippen LogP contribution in [0.4, 0.5) is 0 Å². The first kappa shape index (κ1) is 12.6. The Kier molecular flexibility index (Phi) is 3.97. The second-order valence-electron chi connectivity index (χ2n) is 4.29. The van der Waals surface area contributed by atoms with E-state index in [0.717, 1.165) is 17.1 Å². The summed E-state index contributed by atoms with van der Waals surface area (Å²) in [5.41, 5.74) is 6.44. The molecule has 18 heavy (non-hydrogen) atoms. The topological polar surface area (TPSA) is 55.5 Å². The average molecular weight is 243 g/mol. The van der Waals surface area contributed by atoms with Crippen LogP contribution in [0.15, 0.2) is 54.6 Å². The van der Waals surface area contributed by atoms with E-state index in [-0.39, 0.29) is 6.04 Å². The van der Waals surface area contributed by atoms with Crippen molar-refractivity contribution in [2.45, 2.75) is 19.1 Å². The molecule has 0 aliphatic heterocycles. The molecule has 2 aromatic rings. The van der Waals surface area contributed by atoms with Crippen molar-refractivity contribution in [3.05, 3.63) is 60.2 Å². The Hall–Kier alpha value is -1.84. The van der Waals surface area contributed by atoms with E-state index >= 15 is 0 Å². The van der Waals surface area contributed by atoms with Crippen LogP contribution in [-0.2, 0) is 0 Å². The molecule has 0 fully saturated rings. The highest BCUT2D eigenvalue weighted by molar-refractivity contribution is 5.33. The van der Waals surface area contributed by atoms with Gasteiger partial charge in [-0.25, -0.2) is 0 Å². The maximum absolute atomic E-state index is 9.81. The number of nitrogens with two attached hydrogens (primary N) is 1. The molecule has 0 aromatic heterocycles. The van der Waals surface area contributed by atoms with Crippen molar-refractivity contribution >= 4 is 0 Å². The Balaban J connectivity index is 2.09. The summed E-state index contributed by atoms with van der Waals surface area (Å²) in [4.78, 5) is 0. The molecular formula is C15H17NO2. The summed E-state index contributed by atoms with van der Waals surface area (Å²) < 4.78 is 5.66. The molecule has 0 radical (unpaired) electrons. The van der Waals surface area contributed by atoms with Crippen LogP contribution in [0.3, 0.4) is 0 Å². The molecule has 2 rings (SSSR count). The zero-order chi connectivity index (χ0) is 13.0. The summed E-state index contributed by atoms with van der Waals surface area (Å²) in [6.45, 7) is 1.78. The third-order valence-corrected chi connectivity index (χ3v) is 2.70. The quantitative estimate of drug-likeness (QED) is 0.868. The molecule has 3 N–H and O–H groups in total. The summed E-state index contributed by atoms with van der Waals surface area (Å²) >= 11 is 0. The van der Waals surface area contributed by atoms with Crippen LogP contribution < -0.4 is 10.5 Å². The van der Waals surface area contributed by atoms with Gasteiger partial charge in [-0.1, -0.05) is 30.3 Å². The van der Waals surface area contributed by atoms with Crippen molar-refractivity contribution in [1.82, 2.24) is 0 Å². The normalized spacial score (nSPS) is 13.9. The van der Waals surface area contributed by atoms with Gasteiger partial charge in [0.2, 0.25) is 0 Å². The molecule has 0 unspecified atom stereocenters. The van der Waals surface area contributed by atoms with Crippen molar-refractivity contribution in [2.75, 3.05) is 0 Å².